The Hall–Kier alpha value is 1.13. The van der Waals surface area contributed by atoms with Gasteiger partial charge in [-0.05, 0) is 11.0 Å². The molecule has 0 aliphatic carbocycles. The molecular formula is H9FeOPSi. The van der Waals surface area contributed by atoms with E-state index in [0.29, 0.717) is 0 Å². The summed E-state index contributed by atoms with van der Waals surface area (Å²) in [6, 6.07) is 0. The zero-order chi connectivity index (χ0) is 0. The largest absolute Gasteiger partial charge is 0.412 e. The average Bonchev–Trinajstić information content (AvgIpc) is 0. The van der Waals surface area contributed by atoms with Gasteiger partial charge in [0.2, 0.25) is 0 Å². The van der Waals surface area contributed by atoms with Crippen LogP contribution in [-0.4, -0.2) is 16.4 Å². The summed E-state index contributed by atoms with van der Waals surface area (Å²) in [7, 11) is 0. The second-order valence-electron chi connectivity index (χ2n) is 0. The topological polar surface area (TPSA) is 31.5 Å². The molecule has 0 saturated carbocycles. The van der Waals surface area contributed by atoms with Gasteiger partial charge in [0.05, 0.1) is 0 Å². The summed E-state index contributed by atoms with van der Waals surface area (Å²) in [6.07, 6.45) is 0. The average molecular weight is 140 g/mol. The molecule has 0 spiro atoms. The molecule has 0 aliphatic rings. The molecule has 0 radical (unpaired) electrons. The standard InChI is InChI=1S/Fe.H2O.H3P.H4Si/h;1H2;1H3;1H4. The van der Waals surface area contributed by atoms with Crippen molar-refractivity contribution in [1.29, 1.82) is 0 Å². The second-order valence-corrected chi connectivity index (χ2v) is 0. The third-order valence-corrected chi connectivity index (χ3v) is 0. The van der Waals surface area contributed by atoms with Crippen LogP contribution >= 0.6 is 9.90 Å². The molecule has 4 heteroatoms. The van der Waals surface area contributed by atoms with Gasteiger partial charge in [-0.25, -0.2) is 0 Å². The molecule has 0 bridgehead atoms. The van der Waals surface area contributed by atoms with Crippen LogP contribution in [0.15, 0.2) is 0 Å². The summed E-state index contributed by atoms with van der Waals surface area (Å²) in [5.41, 5.74) is 0. The van der Waals surface area contributed by atoms with Crippen molar-refractivity contribution in [2.24, 2.45) is 0 Å². The van der Waals surface area contributed by atoms with E-state index in [0.717, 1.165) is 0 Å². The Bertz CT molecular complexity index is 8.00. The molecule has 0 aromatic heterocycles. The monoisotopic (exact) mass is 140 g/mol. The molecule has 0 amide bonds. The van der Waals surface area contributed by atoms with Crippen molar-refractivity contribution in [3.63, 3.8) is 0 Å². The van der Waals surface area contributed by atoms with Gasteiger partial charge in [-0.15, -0.1) is 0 Å². The quantitative estimate of drug-likeness (QED) is 0.269. The first-order chi connectivity index (χ1) is 0. The fraction of sp³-hybridized carbons (Fsp3) is 0. The molecule has 1 unspecified atom stereocenters. The molecule has 4 heavy (non-hydrogen) atoms. The third kappa shape index (κ3) is 11.1. The van der Waals surface area contributed by atoms with Crippen LogP contribution in [0.4, 0.5) is 0 Å². The van der Waals surface area contributed by atoms with Crippen LogP contribution in [0.2, 0.25) is 0 Å². The molecular weight excluding hydrogens is 131 g/mol. The molecule has 0 aliphatic heterocycles. The fourth-order valence-electron chi connectivity index (χ4n) is 0. The van der Waals surface area contributed by atoms with Crippen LogP contribution in [0.3, 0.4) is 0 Å². The maximum Gasteiger partial charge on any atom is 0 e. The van der Waals surface area contributed by atoms with Crippen LogP contribution in [0.1, 0.15) is 0 Å². The summed E-state index contributed by atoms with van der Waals surface area (Å²) >= 11 is 0. The summed E-state index contributed by atoms with van der Waals surface area (Å²) in [5, 5.41) is 0. The van der Waals surface area contributed by atoms with Gasteiger partial charge in [-0.1, -0.05) is 0 Å². The van der Waals surface area contributed by atoms with E-state index in [-0.39, 0.29) is 43.4 Å². The maximum atomic E-state index is 0. The number of hydrogen-bond acceptors (Lipinski definition) is 0. The van der Waals surface area contributed by atoms with E-state index in [1.165, 1.54) is 0 Å². The van der Waals surface area contributed by atoms with Crippen molar-refractivity contribution in [2.75, 3.05) is 0 Å². The Morgan fingerprint density at radius 2 is 1.00 bits per heavy atom. The minimum absolute atomic E-state index is 0. The van der Waals surface area contributed by atoms with Crippen LogP contribution in [-0.2, 0) is 17.1 Å². The molecule has 32 valence electrons. The van der Waals surface area contributed by atoms with Gasteiger partial charge in [-0.3, -0.25) is 0 Å². The predicted octanol–water partition coefficient (Wildman–Crippen LogP) is -2.22. The van der Waals surface area contributed by atoms with Crippen LogP contribution < -0.4 is 0 Å². The van der Waals surface area contributed by atoms with Gasteiger partial charge in [-0.2, -0.15) is 9.90 Å². The van der Waals surface area contributed by atoms with E-state index >= 15 is 0 Å². The van der Waals surface area contributed by atoms with Gasteiger partial charge < -0.3 is 5.48 Å². The van der Waals surface area contributed by atoms with E-state index in [1.807, 2.05) is 0 Å². The number of hydrogen-bond donors (Lipinski definition) is 0. The van der Waals surface area contributed by atoms with Crippen molar-refractivity contribution in [3.05, 3.63) is 0 Å². The molecule has 1 nitrogen and oxygen atoms in total. The zero-order valence-electron chi connectivity index (χ0n) is 1.56. The van der Waals surface area contributed by atoms with Gasteiger partial charge in [0.1, 0.15) is 0 Å². The molecule has 0 aromatic rings. The minimum atomic E-state index is 0. The fourth-order valence-corrected chi connectivity index (χ4v) is 0. The molecule has 0 saturated heterocycles. The summed E-state index contributed by atoms with van der Waals surface area (Å²) in [5.74, 6) is 0. The van der Waals surface area contributed by atoms with Gasteiger partial charge in [0, 0.05) is 17.1 Å². The molecule has 2 N–H and O–H groups in total. The Morgan fingerprint density at radius 1 is 1.00 bits per heavy atom. The maximum absolute atomic E-state index is 0. The van der Waals surface area contributed by atoms with Crippen molar-refractivity contribution >= 4 is 20.9 Å². The zero-order valence-corrected chi connectivity index (χ0v) is 4.08. The Balaban J connectivity index is 0. The van der Waals surface area contributed by atoms with Gasteiger partial charge >= 0.3 is 0 Å². The molecule has 0 fully saturated rings. The van der Waals surface area contributed by atoms with E-state index in [9.17, 15) is 0 Å². The summed E-state index contributed by atoms with van der Waals surface area (Å²) in [4.78, 5) is 0. The molecule has 0 aromatic carbocycles. The Morgan fingerprint density at radius 3 is 1.00 bits per heavy atom. The van der Waals surface area contributed by atoms with Crippen molar-refractivity contribution in [2.45, 2.75) is 0 Å². The van der Waals surface area contributed by atoms with Crippen LogP contribution in [0.5, 0.6) is 0 Å². The first kappa shape index (κ1) is 68.8. The van der Waals surface area contributed by atoms with Gasteiger partial charge in [0.25, 0.3) is 0 Å². The molecule has 0 rings (SSSR count). The Kier molecular flexibility index (Phi) is 547. The smallest absolute Gasteiger partial charge is 0 e. The van der Waals surface area contributed by atoms with E-state index in [1.54, 1.807) is 0 Å². The van der Waals surface area contributed by atoms with E-state index < -0.39 is 0 Å². The van der Waals surface area contributed by atoms with Gasteiger partial charge in [0.15, 0.2) is 0 Å². The van der Waals surface area contributed by atoms with Crippen molar-refractivity contribution in [3.8, 4) is 0 Å². The van der Waals surface area contributed by atoms with Crippen molar-refractivity contribution in [1.82, 2.24) is 0 Å². The Labute approximate surface area is 44.0 Å². The first-order valence-corrected chi connectivity index (χ1v) is 0. The van der Waals surface area contributed by atoms with Crippen LogP contribution in [0.25, 0.3) is 0 Å². The number of rotatable bonds is 0. The van der Waals surface area contributed by atoms with E-state index in [4.69, 9.17) is 0 Å². The molecule has 0 heterocycles. The third-order valence-electron chi connectivity index (χ3n) is 0. The van der Waals surface area contributed by atoms with Crippen molar-refractivity contribution < 1.29 is 22.5 Å². The minimum Gasteiger partial charge on any atom is -0.412 e. The summed E-state index contributed by atoms with van der Waals surface area (Å²) < 4.78 is 0. The molecule has 1 atom stereocenters. The van der Waals surface area contributed by atoms with E-state index in [2.05, 4.69) is 0 Å². The SMILES string of the molecule is O.P.[Fe].[SiH4]. The van der Waals surface area contributed by atoms with Crippen LogP contribution in [0, 0.1) is 0 Å². The summed E-state index contributed by atoms with van der Waals surface area (Å²) in [6.45, 7) is 0. The normalized spacial score (nSPS) is 0. The second kappa shape index (κ2) is 31.8. The first-order valence-electron chi connectivity index (χ1n) is 0. The predicted molar refractivity (Wildman–Crippen MR) is 26.1 cm³/mol.